The number of nitrogens with zero attached hydrogens (tertiary/aromatic N) is 3. The van der Waals surface area contributed by atoms with Crippen molar-refractivity contribution in [2.45, 2.75) is 11.3 Å². The first-order chi connectivity index (χ1) is 11.0. The first-order valence-corrected chi connectivity index (χ1v) is 8.10. The lowest BCUT2D eigenvalue weighted by Gasteiger charge is -2.23. The van der Waals surface area contributed by atoms with E-state index in [1.54, 1.807) is 30.3 Å². The third-order valence-electron chi connectivity index (χ3n) is 3.10. The molecule has 2 rings (SSSR count). The number of hydrogen-bond donors (Lipinski definition) is 0. The molecule has 0 saturated carbocycles. The maximum Gasteiger partial charge on any atom is 0.289 e. The second kappa shape index (κ2) is 6.89. The van der Waals surface area contributed by atoms with E-state index in [2.05, 4.69) is 0 Å². The molecule has 0 bridgehead atoms. The summed E-state index contributed by atoms with van der Waals surface area (Å²) in [6, 6.07) is 15.2. The molecule has 2 aromatic rings. The number of nitro groups is 1. The summed E-state index contributed by atoms with van der Waals surface area (Å²) in [6.07, 6.45) is -0.0330. The van der Waals surface area contributed by atoms with Crippen LogP contribution >= 0.6 is 0 Å². The molecule has 0 fully saturated rings. The van der Waals surface area contributed by atoms with E-state index in [1.165, 1.54) is 18.2 Å². The van der Waals surface area contributed by atoms with Gasteiger partial charge in [0.1, 0.15) is 0 Å². The monoisotopic (exact) mass is 331 g/mol. The van der Waals surface area contributed by atoms with Gasteiger partial charge in [0.05, 0.1) is 23.1 Å². The molecule has 23 heavy (non-hydrogen) atoms. The maximum absolute atomic E-state index is 12.9. The van der Waals surface area contributed by atoms with Gasteiger partial charge in [-0.2, -0.15) is 5.26 Å². The Morgan fingerprint density at radius 1 is 1.09 bits per heavy atom. The number of para-hydroxylation sites is 2. The van der Waals surface area contributed by atoms with Gasteiger partial charge in [-0.25, -0.2) is 8.42 Å². The van der Waals surface area contributed by atoms with Gasteiger partial charge in [0.25, 0.3) is 15.7 Å². The number of hydrogen-bond acceptors (Lipinski definition) is 5. The molecule has 0 atom stereocenters. The average molecular weight is 331 g/mol. The molecule has 0 saturated heterocycles. The number of nitriles is 1. The highest BCUT2D eigenvalue weighted by atomic mass is 32.2. The standard InChI is InChI=1S/C15H13N3O4S/c16-11-6-12-17(13-7-2-1-3-8-13)23(21,22)15-10-5-4-9-14(15)18(19)20/h1-5,7-10H,6,12H2. The largest absolute Gasteiger partial charge is 0.289 e. The average Bonchev–Trinajstić information content (AvgIpc) is 2.56. The van der Waals surface area contributed by atoms with Gasteiger partial charge in [-0.1, -0.05) is 30.3 Å². The predicted octanol–water partition coefficient (Wildman–Crippen LogP) is 2.70. The lowest BCUT2D eigenvalue weighted by atomic mass is 10.3. The first kappa shape index (κ1) is 16.5. The second-order valence-electron chi connectivity index (χ2n) is 4.55. The molecule has 0 N–H and O–H groups in total. The summed E-state index contributed by atoms with van der Waals surface area (Å²) in [5.41, 5.74) is -0.147. The van der Waals surface area contributed by atoms with Crippen LogP contribution < -0.4 is 4.31 Å². The Labute approximate surface area is 133 Å². The van der Waals surface area contributed by atoms with E-state index in [4.69, 9.17) is 5.26 Å². The van der Waals surface area contributed by atoms with Crippen LogP contribution in [0.15, 0.2) is 59.5 Å². The zero-order chi connectivity index (χ0) is 16.9. The molecule has 2 aromatic carbocycles. The molecular weight excluding hydrogens is 318 g/mol. The summed E-state index contributed by atoms with van der Waals surface area (Å²) in [6.45, 7) is -0.0884. The number of nitro benzene ring substituents is 1. The van der Waals surface area contributed by atoms with Crippen molar-refractivity contribution in [2.75, 3.05) is 10.8 Å². The van der Waals surface area contributed by atoms with Crippen molar-refractivity contribution in [3.63, 3.8) is 0 Å². The Hall–Kier alpha value is -2.92. The van der Waals surface area contributed by atoms with Gasteiger partial charge in [-0.05, 0) is 18.2 Å². The predicted molar refractivity (Wildman–Crippen MR) is 84.3 cm³/mol. The molecule has 7 nitrogen and oxygen atoms in total. The number of benzene rings is 2. The van der Waals surface area contributed by atoms with Gasteiger partial charge >= 0.3 is 0 Å². The molecule has 0 aliphatic rings. The topological polar surface area (TPSA) is 104 Å². The van der Waals surface area contributed by atoms with Crippen molar-refractivity contribution in [1.29, 1.82) is 5.26 Å². The first-order valence-electron chi connectivity index (χ1n) is 6.66. The van der Waals surface area contributed by atoms with E-state index in [9.17, 15) is 18.5 Å². The molecule has 0 unspecified atom stereocenters. The Morgan fingerprint density at radius 2 is 1.70 bits per heavy atom. The Balaban J connectivity index is 2.58. The SMILES string of the molecule is N#CCCN(c1ccccc1)S(=O)(=O)c1ccccc1[N+](=O)[O-]. The molecule has 0 aliphatic carbocycles. The third-order valence-corrected chi connectivity index (χ3v) is 4.98. The van der Waals surface area contributed by atoms with Crippen LogP contribution in [-0.2, 0) is 10.0 Å². The molecular formula is C15H13N3O4S. The number of rotatable bonds is 6. The van der Waals surface area contributed by atoms with Crippen molar-refractivity contribution in [3.05, 3.63) is 64.7 Å². The summed E-state index contributed by atoms with van der Waals surface area (Å²) in [5, 5.41) is 19.9. The van der Waals surface area contributed by atoms with Crippen LogP contribution in [0, 0.1) is 21.4 Å². The van der Waals surface area contributed by atoms with Crippen LogP contribution in [0.4, 0.5) is 11.4 Å². The minimum Gasteiger partial charge on any atom is -0.265 e. The van der Waals surface area contributed by atoms with E-state index in [1.807, 2.05) is 6.07 Å². The summed E-state index contributed by atoms with van der Waals surface area (Å²) in [4.78, 5) is 9.98. The highest BCUT2D eigenvalue weighted by Gasteiger charge is 2.31. The Bertz CT molecular complexity index is 845. The van der Waals surface area contributed by atoms with Crippen molar-refractivity contribution in [3.8, 4) is 6.07 Å². The minimum absolute atomic E-state index is 0.0330. The van der Waals surface area contributed by atoms with Crippen molar-refractivity contribution >= 4 is 21.4 Å². The van der Waals surface area contributed by atoms with Crippen molar-refractivity contribution in [1.82, 2.24) is 0 Å². The molecule has 0 radical (unpaired) electrons. The molecule has 0 amide bonds. The van der Waals surface area contributed by atoms with Gasteiger partial charge < -0.3 is 0 Å². The second-order valence-corrected chi connectivity index (χ2v) is 6.38. The summed E-state index contributed by atoms with van der Waals surface area (Å²) < 4.78 is 26.8. The van der Waals surface area contributed by atoms with Crippen LogP contribution in [0.2, 0.25) is 0 Å². The van der Waals surface area contributed by atoms with Crippen LogP contribution in [0.25, 0.3) is 0 Å². The fourth-order valence-electron chi connectivity index (χ4n) is 2.08. The quantitative estimate of drug-likeness (QED) is 0.598. The molecule has 0 spiro atoms. The Morgan fingerprint density at radius 3 is 2.30 bits per heavy atom. The lowest BCUT2D eigenvalue weighted by molar-refractivity contribution is -0.387. The zero-order valence-electron chi connectivity index (χ0n) is 12.0. The molecule has 8 heteroatoms. The van der Waals surface area contributed by atoms with Gasteiger partial charge in [0.15, 0.2) is 4.90 Å². The van der Waals surface area contributed by atoms with Crippen LogP contribution in [0.3, 0.4) is 0 Å². The summed E-state index contributed by atoms with van der Waals surface area (Å²) >= 11 is 0. The molecule has 0 heterocycles. The van der Waals surface area contributed by atoms with E-state index in [-0.39, 0.29) is 13.0 Å². The van der Waals surface area contributed by atoms with Crippen LogP contribution in [0.5, 0.6) is 0 Å². The minimum atomic E-state index is -4.16. The highest BCUT2D eigenvalue weighted by Crippen LogP contribution is 2.29. The van der Waals surface area contributed by atoms with Gasteiger partial charge in [0, 0.05) is 12.6 Å². The van der Waals surface area contributed by atoms with Crippen LogP contribution in [-0.4, -0.2) is 19.9 Å². The zero-order valence-corrected chi connectivity index (χ0v) is 12.8. The van der Waals surface area contributed by atoms with E-state index < -0.39 is 25.5 Å². The van der Waals surface area contributed by atoms with E-state index >= 15 is 0 Å². The third kappa shape index (κ3) is 3.46. The van der Waals surface area contributed by atoms with E-state index in [0.29, 0.717) is 5.69 Å². The maximum atomic E-state index is 12.9. The number of sulfonamides is 1. The van der Waals surface area contributed by atoms with Crippen molar-refractivity contribution in [2.24, 2.45) is 0 Å². The summed E-state index contributed by atoms with van der Waals surface area (Å²) in [7, 11) is -4.16. The highest BCUT2D eigenvalue weighted by molar-refractivity contribution is 7.93. The van der Waals surface area contributed by atoms with Gasteiger partial charge in [-0.3, -0.25) is 14.4 Å². The molecule has 118 valence electrons. The molecule has 0 aromatic heterocycles. The van der Waals surface area contributed by atoms with Gasteiger partial charge in [0.2, 0.25) is 0 Å². The fourth-order valence-corrected chi connectivity index (χ4v) is 3.70. The van der Waals surface area contributed by atoms with Crippen LogP contribution in [0.1, 0.15) is 6.42 Å². The summed E-state index contributed by atoms with van der Waals surface area (Å²) in [5.74, 6) is 0. The van der Waals surface area contributed by atoms with Gasteiger partial charge in [-0.15, -0.1) is 0 Å². The lowest BCUT2D eigenvalue weighted by Crippen LogP contribution is -2.32. The molecule has 0 aliphatic heterocycles. The van der Waals surface area contributed by atoms with E-state index in [0.717, 1.165) is 10.4 Å². The Kier molecular flexibility index (Phi) is 4.93. The number of anilines is 1. The fraction of sp³-hybridized carbons (Fsp3) is 0.133. The normalized spacial score (nSPS) is 10.7. The van der Waals surface area contributed by atoms with Crippen molar-refractivity contribution < 1.29 is 13.3 Å². The smallest absolute Gasteiger partial charge is 0.265 e.